The predicted octanol–water partition coefficient (Wildman–Crippen LogP) is 0.282. The molecule has 1 fully saturated rings. The summed E-state index contributed by atoms with van der Waals surface area (Å²) in [6.07, 6.45) is 2.29. The summed E-state index contributed by atoms with van der Waals surface area (Å²) in [6.45, 7) is 3.31. The molecule has 17 heavy (non-hydrogen) atoms. The Hall–Kier alpha value is -0.360. The lowest BCUT2D eigenvalue weighted by Crippen LogP contribution is -2.46. The van der Waals surface area contributed by atoms with Crippen LogP contribution >= 0.6 is 12.4 Å². The molecule has 0 aliphatic carbocycles. The molecule has 1 unspecified atom stereocenters. The lowest BCUT2D eigenvalue weighted by molar-refractivity contribution is -0.133. The Morgan fingerprint density at radius 2 is 2.24 bits per heavy atom. The molecule has 0 saturated carbocycles. The van der Waals surface area contributed by atoms with E-state index < -0.39 is 0 Å². The second-order valence-corrected chi connectivity index (χ2v) is 4.01. The lowest BCUT2D eigenvalue weighted by atomic mass is 10.1. The molecular formula is C11H23ClN2O3. The van der Waals surface area contributed by atoms with Crippen molar-refractivity contribution in [2.75, 3.05) is 47.0 Å². The molecule has 1 aliphatic heterocycles. The average Bonchev–Trinajstić information content (AvgIpc) is 2.34. The number of nitrogens with zero attached hydrogens (tertiary/aromatic N) is 1. The highest BCUT2D eigenvalue weighted by atomic mass is 35.5. The van der Waals surface area contributed by atoms with E-state index in [2.05, 4.69) is 5.32 Å². The van der Waals surface area contributed by atoms with E-state index >= 15 is 0 Å². The maximum absolute atomic E-state index is 11.8. The van der Waals surface area contributed by atoms with Crippen molar-refractivity contribution >= 4 is 18.3 Å². The molecule has 102 valence electrons. The highest BCUT2D eigenvalue weighted by Crippen LogP contribution is 2.12. The number of amides is 1. The number of methoxy groups -OCH3 is 2. The minimum atomic E-state index is 0. The molecule has 0 aromatic rings. The third-order valence-electron chi connectivity index (χ3n) is 2.82. The second kappa shape index (κ2) is 9.65. The fourth-order valence-electron chi connectivity index (χ4n) is 1.84. The minimum absolute atomic E-state index is 0. The van der Waals surface area contributed by atoms with Gasteiger partial charge in [0.1, 0.15) is 0 Å². The van der Waals surface area contributed by atoms with E-state index in [1.165, 1.54) is 0 Å². The van der Waals surface area contributed by atoms with E-state index in [0.29, 0.717) is 19.7 Å². The van der Waals surface area contributed by atoms with Gasteiger partial charge in [0.2, 0.25) is 5.91 Å². The lowest BCUT2D eigenvalue weighted by Gasteiger charge is -2.32. The Bertz CT molecular complexity index is 217. The van der Waals surface area contributed by atoms with Crippen LogP contribution in [0, 0.1) is 0 Å². The summed E-state index contributed by atoms with van der Waals surface area (Å²) in [5.74, 6) is 0.151. The number of carbonyl (C=O) groups is 1. The predicted molar refractivity (Wildman–Crippen MR) is 68.6 cm³/mol. The molecule has 0 aromatic carbocycles. The number of hydrogen-bond donors (Lipinski definition) is 1. The first kappa shape index (κ1) is 16.6. The minimum Gasteiger partial charge on any atom is -0.383 e. The van der Waals surface area contributed by atoms with E-state index in [0.717, 1.165) is 25.9 Å². The molecule has 1 heterocycles. The van der Waals surface area contributed by atoms with Crippen molar-refractivity contribution in [1.29, 1.82) is 0 Å². The van der Waals surface area contributed by atoms with Crippen molar-refractivity contribution in [2.24, 2.45) is 0 Å². The van der Waals surface area contributed by atoms with Crippen molar-refractivity contribution in [1.82, 2.24) is 10.2 Å². The number of likely N-dealkylation sites (tertiary alicyclic amines) is 1. The summed E-state index contributed by atoms with van der Waals surface area (Å²) >= 11 is 0. The zero-order valence-electron chi connectivity index (χ0n) is 10.6. The Kier molecular flexibility index (Phi) is 9.44. The highest BCUT2D eigenvalue weighted by Gasteiger charge is 2.22. The van der Waals surface area contributed by atoms with Crippen LogP contribution in [-0.2, 0) is 14.3 Å². The standard InChI is InChI=1S/C11H22N2O3.ClH/c1-15-7-5-12-8-11(14)13-6-3-4-10(9-13)16-2;/h10,12H,3-9H2,1-2H3;1H. The smallest absolute Gasteiger partial charge is 0.236 e. The van der Waals surface area contributed by atoms with E-state index in [9.17, 15) is 4.79 Å². The van der Waals surface area contributed by atoms with Crippen molar-refractivity contribution in [3.63, 3.8) is 0 Å². The van der Waals surface area contributed by atoms with Gasteiger partial charge in [-0.25, -0.2) is 0 Å². The molecular weight excluding hydrogens is 244 g/mol. The number of ether oxygens (including phenoxy) is 2. The normalized spacial score (nSPS) is 19.9. The number of piperidine rings is 1. The molecule has 6 heteroatoms. The molecule has 1 saturated heterocycles. The van der Waals surface area contributed by atoms with Gasteiger partial charge in [-0.15, -0.1) is 12.4 Å². The molecule has 0 aromatic heterocycles. The summed E-state index contributed by atoms with van der Waals surface area (Å²) in [6, 6.07) is 0. The van der Waals surface area contributed by atoms with Crippen molar-refractivity contribution < 1.29 is 14.3 Å². The highest BCUT2D eigenvalue weighted by molar-refractivity contribution is 5.85. The van der Waals surface area contributed by atoms with Gasteiger partial charge in [-0.05, 0) is 12.8 Å². The zero-order valence-corrected chi connectivity index (χ0v) is 11.4. The Morgan fingerprint density at radius 1 is 1.47 bits per heavy atom. The number of carbonyl (C=O) groups excluding carboxylic acids is 1. The zero-order chi connectivity index (χ0) is 11.8. The first-order valence-corrected chi connectivity index (χ1v) is 5.78. The van der Waals surface area contributed by atoms with E-state index in [-0.39, 0.29) is 24.4 Å². The van der Waals surface area contributed by atoms with Crippen LogP contribution in [0.4, 0.5) is 0 Å². The first-order valence-electron chi connectivity index (χ1n) is 5.78. The number of halogens is 1. The molecule has 1 rings (SSSR count). The third-order valence-corrected chi connectivity index (χ3v) is 2.82. The van der Waals surface area contributed by atoms with Gasteiger partial charge in [0.15, 0.2) is 0 Å². The average molecular weight is 267 g/mol. The van der Waals surface area contributed by atoms with Crippen molar-refractivity contribution in [3.05, 3.63) is 0 Å². The van der Waals surface area contributed by atoms with Gasteiger partial charge in [0.25, 0.3) is 0 Å². The molecule has 1 atom stereocenters. The van der Waals surface area contributed by atoms with Gasteiger partial charge in [-0.3, -0.25) is 4.79 Å². The van der Waals surface area contributed by atoms with Gasteiger partial charge in [-0.1, -0.05) is 0 Å². The molecule has 1 N–H and O–H groups in total. The van der Waals surface area contributed by atoms with Crippen LogP contribution in [0.25, 0.3) is 0 Å². The quantitative estimate of drug-likeness (QED) is 0.702. The fraction of sp³-hybridized carbons (Fsp3) is 0.909. The molecule has 0 spiro atoms. The first-order chi connectivity index (χ1) is 7.77. The molecule has 1 amide bonds. The summed E-state index contributed by atoms with van der Waals surface area (Å²) in [5, 5.41) is 3.06. The van der Waals surface area contributed by atoms with E-state index in [4.69, 9.17) is 9.47 Å². The second-order valence-electron chi connectivity index (χ2n) is 4.01. The molecule has 0 bridgehead atoms. The molecule has 0 radical (unpaired) electrons. The van der Waals surface area contributed by atoms with Crippen LogP contribution in [-0.4, -0.2) is 63.9 Å². The van der Waals surface area contributed by atoms with Crippen LogP contribution in [0.2, 0.25) is 0 Å². The molecule has 1 aliphatic rings. The van der Waals surface area contributed by atoms with Crippen LogP contribution in [0.1, 0.15) is 12.8 Å². The Labute approximate surface area is 109 Å². The fourth-order valence-corrected chi connectivity index (χ4v) is 1.84. The molecule has 5 nitrogen and oxygen atoms in total. The van der Waals surface area contributed by atoms with E-state index in [1.54, 1.807) is 14.2 Å². The Balaban J connectivity index is 0.00000256. The SMILES string of the molecule is COCCNCC(=O)N1CCCC(OC)C1.Cl. The summed E-state index contributed by atoms with van der Waals surface area (Å²) in [5.41, 5.74) is 0. The van der Waals surface area contributed by atoms with Gasteiger partial charge < -0.3 is 19.7 Å². The van der Waals surface area contributed by atoms with Gasteiger partial charge in [-0.2, -0.15) is 0 Å². The topological polar surface area (TPSA) is 50.8 Å². The Morgan fingerprint density at radius 3 is 2.88 bits per heavy atom. The monoisotopic (exact) mass is 266 g/mol. The number of nitrogens with one attached hydrogen (secondary N) is 1. The third kappa shape index (κ3) is 6.21. The van der Waals surface area contributed by atoms with Crippen LogP contribution < -0.4 is 5.32 Å². The van der Waals surface area contributed by atoms with E-state index in [1.807, 2.05) is 4.90 Å². The summed E-state index contributed by atoms with van der Waals surface area (Å²) in [4.78, 5) is 13.7. The summed E-state index contributed by atoms with van der Waals surface area (Å²) < 4.78 is 10.2. The maximum Gasteiger partial charge on any atom is 0.236 e. The van der Waals surface area contributed by atoms with Crippen LogP contribution in [0.3, 0.4) is 0 Å². The maximum atomic E-state index is 11.8. The van der Waals surface area contributed by atoms with Gasteiger partial charge in [0, 0.05) is 33.9 Å². The van der Waals surface area contributed by atoms with Crippen LogP contribution in [0.5, 0.6) is 0 Å². The van der Waals surface area contributed by atoms with Gasteiger partial charge >= 0.3 is 0 Å². The van der Waals surface area contributed by atoms with Crippen LogP contribution in [0.15, 0.2) is 0 Å². The summed E-state index contributed by atoms with van der Waals surface area (Å²) in [7, 11) is 3.35. The number of hydrogen-bond acceptors (Lipinski definition) is 4. The van der Waals surface area contributed by atoms with Gasteiger partial charge in [0.05, 0.1) is 19.3 Å². The largest absolute Gasteiger partial charge is 0.383 e. The van der Waals surface area contributed by atoms with Crippen molar-refractivity contribution in [3.8, 4) is 0 Å². The number of rotatable bonds is 6. The van der Waals surface area contributed by atoms with Crippen molar-refractivity contribution in [2.45, 2.75) is 18.9 Å².